The van der Waals surface area contributed by atoms with Gasteiger partial charge in [0.1, 0.15) is 12.4 Å². The zero-order valence-electron chi connectivity index (χ0n) is 23.0. The highest BCUT2D eigenvalue weighted by atomic mass is 32.2. The van der Waals surface area contributed by atoms with Gasteiger partial charge in [0.05, 0.1) is 11.5 Å². The Labute approximate surface area is 227 Å². The molecule has 210 valence electrons. The number of rotatable bonds is 13. The second-order valence-electron chi connectivity index (χ2n) is 10.6. The van der Waals surface area contributed by atoms with Crippen LogP contribution in [0.2, 0.25) is 0 Å². The summed E-state index contributed by atoms with van der Waals surface area (Å²) in [5.41, 5.74) is 2.03. The van der Waals surface area contributed by atoms with Crippen LogP contribution in [-0.2, 0) is 19.6 Å². The van der Waals surface area contributed by atoms with Crippen molar-refractivity contribution in [3.8, 4) is 0 Å². The first-order valence-electron chi connectivity index (χ1n) is 13.4. The molecule has 0 aromatic heterocycles. The molecule has 1 unspecified atom stereocenters. The molecule has 7 nitrogen and oxygen atoms in total. The van der Waals surface area contributed by atoms with Crippen LogP contribution >= 0.6 is 0 Å². The van der Waals surface area contributed by atoms with Crippen molar-refractivity contribution in [1.29, 1.82) is 0 Å². The summed E-state index contributed by atoms with van der Waals surface area (Å²) in [6, 6.07) is 13.8. The predicted molar refractivity (Wildman–Crippen MR) is 148 cm³/mol. The average molecular weight is 548 g/mol. The highest BCUT2D eigenvalue weighted by Gasteiger charge is 2.30. The van der Waals surface area contributed by atoms with E-state index in [1.165, 1.54) is 17.4 Å². The molecule has 3 rings (SSSR count). The normalized spacial score (nSPS) is 19.0. The average Bonchev–Trinajstić information content (AvgIpc) is 2.87. The van der Waals surface area contributed by atoms with Crippen LogP contribution in [0.15, 0.2) is 53.4 Å². The van der Waals surface area contributed by atoms with Crippen molar-refractivity contribution in [3.05, 3.63) is 65.5 Å². The van der Waals surface area contributed by atoms with E-state index >= 15 is 0 Å². The number of halogens is 1. The summed E-state index contributed by atoms with van der Waals surface area (Å²) >= 11 is 0. The molecule has 0 spiro atoms. The van der Waals surface area contributed by atoms with Crippen LogP contribution in [0.3, 0.4) is 0 Å². The van der Waals surface area contributed by atoms with Crippen LogP contribution in [-0.4, -0.2) is 71.0 Å². The Bertz CT molecular complexity index is 1130. The van der Waals surface area contributed by atoms with Crippen LogP contribution in [0.25, 0.3) is 0 Å². The lowest BCUT2D eigenvalue weighted by Gasteiger charge is -2.37. The number of carbonyl (C=O) groups is 1. The topological polar surface area (TPSA) is 78.9 Å². The fourth-order valence-corrected chi connectivity index (χ4v) is 6.47. The predicted octanol–water partition coefficient (Wildman–Crippen LogP) is 4.39. The van der Waals surface area contributed by atoms with Gasteiger partial charge in [0, 0.05) is 26.2 Å². The molecule has 0 saturated heterocycles. The van der Waals surface area contributed by atoms with Gasteiger partial charge in [-0.2, -0.15) is 4.31 Å². The van der Waals surface area contributed by atoms with Crippen molar-refractivity contribution in [2.45, 2.75) is 50.0 Å². The molecule has 0 aliphatic heterocycles. The summed E-state index contributed by atoms with van der Waals surface area (Å²) in [6.07, 6.45) is 5.28. The first-order valence-corrected chi connectivity index (χ1v) is 14.8. The Kier molecular flexibility index (Phi) is 11.3. The van der Waals surface area contributed by atoms with Gasteiger partial charge in [-0.05, 0) is 81.9 Å². The van der Waals surface area contributed by atoms with Crippen molar-refractivity contribution in [1.82, 2.24) is 14.5 Å². The highest BCUT2D eigenvalue weighted by molar-refractivity contribution is 7.89. The van der Waals surface area contributed by atoms with Crippen LogP contribution in [0.5, 0.6) is 0 Å². The van der Waals surface area contributed by atoms with Crippen LogP contribution in [0, 0.1) is 24.6 Å². The third kappa shape index (κ3) is 8.59. The van der Waals surface area contributed by atoms with E-state index in [2.05, 4.69) is 24.3 Å². The van der Waals surface area contributed by atoms with E-state index in [0.29, 0.717) is 18.4 Å². The summed E-state index contributed by atoms with van der Waals surface area (Å²) in [7, 11) is 2.04. The number of ether oxygens (including phenoxy) is 1. The number of nitrogens with zero attached hydrogens (tertiary/aromatic N) is 2. The second kappa shape index (κ2) is 14.2. The van der Waals surface area contributed by atoms with E-state index in [0.717, 1.165) is 43.2 Å². The van der Waals surface area contributed by atoms with Gasteiger partial charge in [-0.3, -0.25) is 4.79 Å². The molecule has 0 heterocycles. The molecule has 1 saturated carbocycles. The van der Waals surface area contributed by atoms with E-state index in [1.807, 2.05) is 13.0 Å². The summed E-state index contributed by atoms with van der Waals surface area (Å²) in [6.45, 7) is 2.71. The molecule has 9 heteroatoms. The minimum Gasteiger partial charge on any atom is -0.370 e. The van der Waals surface area contributed by atoms with Crippen LogP contribution in [0.4, 0.5) is 4.39 Å². The molecule has 2 aromatic rings. The number of carbonyl (C=O) groups excluding carboxylic acids is 1. The van der Waals surface area contributed by atoms with Crippen molar-refractivity contribution >= 4 is 15.9 Å². The first-order chi connectivity index (χ1) is 18.1. The molecular formula is C29H42FN3O4S. The number of hydrogen-bond acceptors (Lipinski definition) is 5. The van der Waals surface area contributed by atoms with Crippen molar-refractivity contribution in [2.24, 2.45) is 11.8 Å². The second-order valence-corrected chi connectivity index (χ2v) is 12.6. The Morgan fingerprint density at radius 1 is 1.08 bits per heavy atom. The fraction of sp³-hybridized carbons (Fsp3) is 0.552. The highest BCUT2D eigenvalue weighted by Crippen LogP contribution is 2.40. The van der Waals surface area contributed by atoms with Crippen LogP contribution < -0.4 is 5.32 Å². The minimum atomic E-state index is -3.58. The van der Waals surface area contributed by atoms with Gasteiger partial charge in [-0.25, -0.2) is 12.8 Å². The van der Waals surface area contributed by atoms with E-state index in [9.17, 15) is 17.6 Å². The molecule has 1 amide bonds. The third-order valence-corrected chi connectivity index (χ3v) is 9.34. The number of benzene rings is 2. The summed E-state index contributed by atoms with van der Waals surface area (Å²) in [4.78, 5) is 14.6. The number of sulfonamides is 1. The van der Waals surface area contributed by atoms with Gasteiger partial charge in [0.15, 0.2) is 0 Å². The largest absolute Gasteiger partial charge is 0.370 e. The lowest BCUT2D eigenvalue weighted by atomic mass is 9.75. The fourth-order valence-electron chi connectivity index (χ4n) is 5.31. The zero-order chi connectivity index (χ0) is 27.7. The van der Waals surface area contributed by atoms with Gasteiger partial charge in [-0.1, -0.05) is 42.7 Å². The minimum absolute atomic E-state index is 0.0939. The number of hydrogen-bond donors (Lipinski definition) is 1. The molecule has 1 aliphatic carbocycles. The maximum absolute atomic E-state index is 13.8. The Balaban J connectivity index is 1.32. The number of nitrogens with one attached hydrogen (secondary N) is 1. The first kappa shape index (κ1) is 30.2. The van der Waals surface area contributed by atoms with Crippen molar-refractivity contribution in [3.63, 3.8) is 0 Å². The quantitative estimate of drug-likeness (QED) is 0.377. The van der Waals surface area contributed by atoms with Gasteiger partial charge in [0.2, 0.25) is 15.9 Å². The molecule has 1 N–H and O–H groups in total. The van der Waals surface area contributed by atoms with E-state index in [1.54, 1.807) is 36.4 Å². The molecule has 1 aliphatic rings. The van der Waals surface area contributed by atoms with Gasteiger partial charge >= 0.3 is 0 Å². The Hall–Kier alpha value is -2.33. The molecule has 1 fully saturated rings. The number of aryl methyl sites for hydroxylation is 1. The van der Waals surface area contributed by atoms with Crippen molar-refractivity contribution < 1.29 is 22.3 Å². The Morgan fingerprint density at radius 3 is 2.39 bits per heavy atom. The summed E-state index contributed by atoms with van der Waals surface area (Å²) in [5.74, 6) is 0.658. The zero-order valence-corrected chi connectivity index (χ0v) is 23.8. The molecule has 38 heavy (non-hydrogen) atoms. The molecule has 2 aromatic carbocycles. The van der Waals surface area contributed by atoms with Crippen molar-refractivity contribution in [2.75, 3.05) is 47.4 Å². The van der Waals surface area contributed by atoms with E-state index in [-0.39, 0.29) is 42.4 Å². The molecule has 1 atom stereocenters. The van der Waals surface area contributed by atoms with Gasteiger partial charge < -0.3 is 15.0 Å². The maximum Gasteiger partial charge on any atom is 0.245 e. The standard InChI is InChI=1S/C29H42FN3O4S/c1-22-8-14-27(15-9-22)38(35,36)33(4)18-19-37-21-28(34)31-17-16-23-10-12-24(13-11-23)29(32(2)3)25-6-5-7-26(30)20-25/h5-9,14-15,20,23-24,29H,10-13,16-19,21H2,1-4H3,(H,31,34). The number of amides is 1. The SMILES string of the molecule is Cc1ccc(S(=O)(=O)N(C)CCOCC(=O)NCCC2CCC(C(c3cccc(F)c3)N(C)C)CC2)cc1. The monoisotopic (exact) mass is 547 g/mol. The van der Waals surface area contributed by atoms with E-state index in [4.69, 9.17) is 4.74 Å². The number of likely N-dealkylation sites (N-methyl/N-ethyl adjacent to an activating group) is 1. The third-order valence-electron chi connectivity index (χ3n) is 7.47. The van der Waals surface area contributed by atoms with Gasteiger partial charge in [0.25, 0.3) is 0 Å². The summed E-state index contributed by atoms with van der Waals surface area (Å²) < 4.78 is 45.7. The molecular weight excluding hydrogens is 505 g/mol. The lowest BCUT2D eigenvalue weighted by Crippen LogP contribution is -2.34. The Morgan fingerprint density at radius 2 is 1.76 bits per heavy atom. The van der Waals surface area contributed by atoms with Crippen LogP contribution in [0.1, 0.15) is 49.3 Å². The molecule has 0 radical (unpaired) electrons. The molecule has 0 bridgehead atoms. The van der Waals surface area contributed by atoms with Gasteiger partial charge in [-0.15, -0.1) is 0 Å². The smallest absolute Gasteiger partial charge is 0.245 e. The lowest BCUT2D eigenvalue weighted by molar-refractivity contribution is -0.125. The summed E-state index contributed by atoms with van der Waals surface area (Å²) in [5, 5.41) is 2.92. The maximum atomic E-state index is 13.8. The van der Waals surface area contributed by atoms with E-state index < -0.39 is 10.0 Å².